The molecule has 0 radical (unpaired) electrons. The molecule has 25 heavy (non-hydrogen) atoms. The zero-order valence-electron chi connectivity index (χ0n) is 13.4. The Balaban J connectivity index is 1.85. The highest BCUT2D eigenvalue weighted by Crippen LogP contribution is 2.36. The van der Waals surface area contributed by atoms with Crippen molar-refractivity contribution in [3.63, 3.8) is 0 Å². The molecule has 0 amide bonds. The molecule has 3 rings (SSSR count). The minimum atomic E-state index is -3.78. The molecular formula is C18H17FNO4S-. The molecule has 0 spiro atoms. The summed E-state index contributed by atoms with van der Waals surface area (Å²) in [5, 5.41) is 11.8. The maximum atomic E-state index is 13.0. The van der Waals surface area contributed by atoms with E-state index >= 15 is 0 Å². The fourth-order valence-electron chi connectivity index (χ4n) is 3.23. The lowest BCUT2D eigenvalue weighted by molar-refractivity contribution is -0.315. The van der Waals surface area contributed by atoms with E-state index in [2.05, 4.69) is 0 Å². The minimum absolute atomic E-state index is 0.00504. The topological polar surface area (TPSA) is 77.5 Å². The Hall–Kier alpha value is -2.25. The first-order valence-corrected chi connectivity index (χ1v) is 9.33. The summed E-state index contributed by atoms with van der Waals surface area (Å²) in [6, 6.07) is 13.3. The van der Waals surface area contributed by atoms with Crippen LogP contribution < -0.4 is 5.11 Å². The first kappa shape index (κ1) is 17.6. The van der Waals surface area contributed by atoms with Crippen LogP contribution in [0, 0.1) is 5.82 Å². The molecule has 1 aliphatic heterocycles. The van der Waals surface area contributed by atoms with Crippen molar-refractivity contribution in [3.8, 4) is 0 Å². The van der Waals surface area contributed by atoms with Crippen molar-refractivity contribution in [1.82, 2.24) is 4.31 Å². The van der Waals surface area contributed by atoms with Gasteiger partial charge >= 0.3 is 0 Å². The molecule has 1 saturated heterocycles. The first-order valence-electron chi connectivity index (χ1n) is 7.89. The van der Waals surface area contributed by atoms with Crippen LogP contribution in [0.3, 0.4) is 0 Å². The summed E-state index contributed by atoms with van der Waals surface area (Å²) >= 11 is 0. The highest BCUT2D eigenvalue weighted by atomic mass is 32.2. The molecule has 2 aromatic rings. The van der Waals surface area contributed by atoms with Gasteiger partial charge in [-0.3, -0.25) is 0 Å². The van der Waals surface area contributed by atoms with Crippen LogP contribution in [0.15, 0.2) is 59.5 Å². The van der Waals surface area contributed by atoms with Crippen molar-refractivity contribution in [2.24, 2.45) is 0 Å². The van der Waals surface area contributed by atoms with E-state index in [1.807, 2.05) is 0 Å². The number of carbonyl (C=O) groups excluding carboxylic acids is 1. The predicted molar refractivity (Wildman–Crippen MR) is 87.5 cm³/mol. The number of hydrogen-bond acceptors (Lipinski definition) is 4. The van der Waals surface area contributed by atoms with Gasteiger partial charge in [0, 0.05) is 18.5 Å². The molecule has 2 aromatic carbocycles. The summed E-state index contributed by atoms with van der Waals surface area (Å²) in [4.78, 5) is 11.8. The molecule has 7 heteroatoms. The van der Waals surface area contributed by atoms with Crippen molar-refractivity contribution < 1.29 is 22.7 Å². The van der Waals surface area contributed by atoms with Gasteiger partial charge in [-0.05, 0) is 42.7 Å². The smallest absolute Gasteiger partial charge is 0.243 e. The van der Waals surface area contributed by atoms with Gasteiger partial charge in [-0.15, -0.1) is 0 Å². The second-order valence-electron chi connectivity index (χ2n) is 6.09. The van der Waals surface area contributed by atoms with E-state index in [4.69, 9.17) is 0 Å². The number of aliphatic carboxylic acids is 1. The van der Waals surface area contributed by atoms with Gasteiger partial charge in [-0.25, -0.2) is 12.8 Å². The normalized spacial score (nSPS) is 18.0. The monoisotopic (exact) mass is 362 g/mol. The van der Waals surface area contributed by atoms with Crippen molar-refractivity contribution in [1.29, 1.82) is 0 Å². The third-order valence-corrected chi connectivity index (χ3v) is 6.66. The third kappa shape index (κ3) is 3.17. The van der Waals surface area contributed by atoms with Crippen molar-refractivity contribution in [3.05, 3.63) is 66.0 Å². The fourth-order valence-corrected chi connectivity index (χ4v) is 4.67. The Morgan fingerprint density at radius 2 is 1.56 bits per heavy atom. The number of benzene rings is 2. The van der Waals surface area contributed by atoms with Crippen LogP contribution in [-0.4, -0.2) is 31.8 Å². The van der Waals surface area contributed by atoms with Crippen molar-refractivity contribution in [2.45, 2.75) is 23.2 Å². The summed E-state index contributed by atoms with van der Waals surface area (Å²) in [6.07, 6.45) is 0.250. The number of sulfonamides is 1. The van der Waals surface area contributed by atoms with E-state index in [1.54, 1.807) is 30.3 Å². The maximum absolute atomic E-state index is 13.0. The molecule has 1 fully saturated rings. The minimum Gasteiger partial charge on any atom is -0.549 e. The molecule has 0 aromatic heterocycles. The summed E-state index contributed by atoms with van der Waals surface area (Å²) in [6.45, 7) is 0.116. The second-order valence-corrected chi connectivity index (χ2v) is 8.03. The van der Waals surface area contributed by atoms with Gasteiger partial charge in [0.15, 0.2) is 0 Å². The van der Waals surface area contributed by atoms with Gasteiger partial charge in [0.1, 0.15) is 5.82 Å². The molecule has 1 heterocycles. The molecule has 0 unspecified atom stereocenters. The molecule has 0 N–H and O–H groups in total. The SMILES string of the molecule is O=C([O-])C1(c2ccccc2)CCN(S(=O)(=O)c2ccc(F)cc2)CC1. The van der Waals surface area contributed by atoms with Crippen LogP contribution in [-0.2, 0) is 20.2 Å². The van der Waals surface area contributed by atoms with E-state index in [0.29, 0.717) is 5.56 Å². The molecule has 0 saturated carbocycles. The van der Waals surface area contributed by atoms with Gasteiger partial charge in [-0.1, -0.05) is 30.3 Å². The van der Waals surface area contributed by atoms with Crippen LogP contribution >= 0.6 is 0 Å². The number of rotatable bonds is 4. The number of carboxylic acids is 1. The lowest BCUT2D eigenvalue weighted by atomic mass is 9.73. The Morgan fingerprint density at radius 3 is 2.08 bits per heavy atom. The van der Waals surface area contributed by atoms with Crippen LogP contribution in [0.25, 0.3) is 0 Å². The zero-order chi connectivity index (χ0) is 18.1. The molecule has 0 bridgehead atoms. The zero-order valence-corrected chi connectivity index (χ0v) is 14.2. The maximum Gasteiger partial charge on any atom is 0.243 e. The van der Waals surface area contributed by atoms with Gasteiger partial charge < -0.3 is 9.90 Å². The van der Waals surface area contributed by atoms with Crippen molar-refractivity contribution >= 4 is 16.0 Å². The van der Waals surface area contributed by atoms with Crippen LogP contribution in [0.1, 0.15) is 18.4 Å². The number of nitrogens with zero attached hydrogens (tertiary/aromatic N) is 1. The molecule has 0 aliphatic carbocycles. The van der Waals surface area contributed by atoms with E-state index in [9.17, 15) is 22.7 Å². The van der Waals surface area contributed by atoms with E-state index < -0.39 is 27.2 Å². The third-order valence-electron chi connectivity index (χ3n) is 4.74. The van der Waals surface area contributed by atoms with Crippen molar-refractivity contribution in [2.75, 3.05) is 13.1 Å². The first-order chi connectivity index (χ1) is 11.9. The number of hydrogen-bond donors (Lipinski definition) is 0. The molecule has 1 aliphatic rings. The molecule has 0 atom stereocenters. The molecular weight excluding hydrogens is 345 g/mol. The van der Waals surface area contributed by atoms with Crippen LogP contribution in [0.2, 0.25) is 0 Å². The van der Waals surface area contributed by atoms with Gasteiger partial charge in [0.2, 0.25) is 10.0 Å². The Morgan fingerprint density at radius 1 is 1.00 bits per heavy atom. The highest BCUT2D eigenvalue weighted by Gasteiger charge is 2.40. The van der Waals surface area contributed by atoms with Gasteiger partial charge in [-0.2, -0.15) is 4.31 Å². The average molecular weight is 362 g/mol. The lowest BCUT2D eigenvalue weighted by Gasteiger charge is -2.42. The molecule has 132 valence electrons. The number of halogens is 1. The Bertz CT molecular complexity index is 858. The number of carboxylic acid groups (broad SMARTS) is 1. The van der Waals surface area contributed by atoms with Crippen LogP contribution in [0.4, 0.5) is 4.39 Å². The summed E-state index contributed by atoms with van der Waals surface area (Å²) < 4.78 is 39.6. The standard InChI is InChI=1S/C18H18FNO4S/c19-15-6-8-16(9-7-15)25(23,24)20-12-10-18(11-13-20,17(21)22)14-4-2-1-3-5-14/h1-9H,10-13H2,(H,21,22)/p-1. The summed E-state index contributed by atoms with van der Waals surface area (Å²) in [5.74, 6) is -1.71. The highest BCUT2D eigenvalue weighted by molar-refractivity contribution is 7.89. The largest absolute Gasteiger partial charge is 0.549 e. The fraction of sp³-hybridized carbons (Fsp3) is 0.278. The van der Waals surface area contributed by atoms with E-state index in [-0.39, 0.29) is 30.8 Å². The van der Waals surface area contributed by atoms with Gasteiger partial charge in [0.25, 0.3) is 0 Å². The van der Waals surface area contributed by atoms with Gasteiger partial charge in [0.05, 0.1) is 10.9 Å². The summed E-state index contributed by atoms with van der Waals surface area (Å²) in [5.41, 5.74) is -0.579. The molecule has 5 nitrogen and oxygen atoms in total. The van der Waals surface area contributed by atoms with E-state index in [1.165, 1.54) is 16.4 Å². The average Bonchev–Trinajstić information content (AvgIpc) is 2.62. The summed E-state index contributed by atoms with van der Waals surface area (Å²) in [7, 11) is -3.78. The van der Waals surface area contributed by atoms with E-state index in [0.717, 1.165) is 12.1 Å². The Kier molecular flexibility index (Phi) is 4.62. The predicted octanol–water partition coefficient (Wildman–Crippen LogP) is 1.30. The number of piperidine rings is 1. The van der Waals surface area contributed by atoms with Crippen LogP contribution in [0.5, 0.6) is 0 Å². The Labute approximate surface area is 145 Å². The second kappa shape index (κ2) is 6.57. The number of carbonyl (C=O) groups is 1. The lowest BCUT2D eigenvalue weighted by Crippen LogP contribution is -2.53. The quantitative estimate of drug-likeness (QED) is 0.821.